The highest BCUT2D eigenvalue weighted by Crippen LogP contribution is 2.32. The van der Waals surface area contributed by atoms with Gasteiger partial charge in [0.2, 0.25) is 0 Å². The Kier molecular flexibility index (Phi) is 10.5. The number of hydrogen-bond acceptors (Lipinski definition) is 4. The molecule has 0 aromatic rings. The highest BCUT2D eigenvalue weighted by Gasteiger charge is 2.07. The molecule has 0 aliphatic rings. The van der Waals surface area contributed by atoms with Crippen LogP contribution in [0.3, 0.4) is 0 Å². The molecule has 0 saturated heterocycles. The minimum atomic E-state index is 0.280. The van der Waals surface area contributed by atoms with Crippen LogP contribution in [0.15, 0.2) is 9.81 Å². The van der Waals surface area contributed by atoms with E-state index in [4.69, 9.17) is 10.5 Å². The molecule has 0 unspecified atom stereocenters. The van der Waals surface area contributed by atoms with Crippen LogP contribution >= 0.6 is 23.5 Å². The fraction of sp³-hybridized carbons (Fsp3) is 0.667. The fourth-order valence-electron chi connectivity index (χ4n) is 0.921. The van der Waals surface area contributed by atoms with E-state index in [2.05, 4.69) is 13.8 Å². The van der Waals surface area contributed by atoms with Gasteiger partial charge in [0.05, 0.1) is 4.24 Å². The van der Waals surface area contributed by atoms with Gasteiger partial charge in [0.1, 0.15) is 17.7 Å². The Morgan fingerprint density at radius 1 is 0.938 bits per heavy atom. The van der Waals surface area contributed by atoms with Crippen LogP contribution in [0.5, 0.6) is 0 Å². The fourth-order valence-corrected chi connectivity index (χ4v) is 3.46. The summed E-state index contributed by atoms with van der Waals surface area (Å²) < 4.78 is 0.909. The zero-order valence-corrected chi connectivity index (χ0v) is 11.6. The summed E-state index contributed by atoms with van der Waals surface area (Å²) in [6.45, 7) is 4.29. The molecule has 0 saturated carbocycles. The van der Waals surface area contributed by atoms with Crippen molar-refractivity contribution >= 4 is 23.5 Å². The third-order valence-corrected chi connectivity index (χ3v) is 4.52. The molecule has 0 aromatic carbocycles. The van der Waals surface area contributed by atoms with Crippen LogP contribution in [0.1, 0.15) is 39.5 Å². The largest absolute Gasteiger partial charge is 0.192 e. The maximum atomic E-state index is 8.85. The zero-order valence-electron chi connectivity index (χ0n) is 9.95. The number of rotatable bonds is 8. The summed E-state index contributed by atoms with van der Waals surface area (Å²) in [5.74, 6) is 2.00. The quantitative estimate of drug-likeness (QED) is 0.478. The summed E-state index contributed by atoms with van der Waals surface area (Å²) in [6.07, 6.45) is 4.56. The van der Waals surface area contributed by atoms with Crippen LogP contribution in [-0.4, -0.2) is 11.5 Å². The first-order chi connectivity index (χ1) is 7.79. The summed E-state index contributed by atoms with van der Waals surface area (Å²) in [5, 5.41) is 17.7. The lowest BCUT2D eigenvalue weighted by molar-refractivity contribution is 0.896. The van der Waals surface area contributed by atoms with E-state index in [1.54, 1.807) is 23.5 Å². The number of unbranched alkanes of at least 4 members (excludes halogenated alkanes) is 2. The zero-order chi connectivity index (χ0) is 12.2. The van der Waals surface area contributed by atoms with Gasteiger partial charge in [-0.2, -0.15) is 10.5 Å². The molecule has 0 N–H and O–H groups in total. The van der Waals surface area contributed by atoms with Crippen LogP contribution in [-0.2, 0) is 0 Å². The van der Waals surface area contributed by atoms with E-state index >= 15 is 0 Å². The lowest BCUT2D eigenvalue weighted by atomic mass is 10.4. The molecule has 2 nitrogen and oxygen atoms in total. The average Bonchev–Trinajstić information content (AvgIpc) is 2.30. The summed E-state index contributed by atoms with van der Waals surface area (Å²) in [5.41, 5.74) is 0.280. The molecule has 0 rings (SSSR count). The molecule has 0 amide bonds. The van der Waals surface area contributed by atoms with Gasteiger partial charge in [0.25, 0.3) is 0 Å². The maximum Gasteiger partial charge on any atom is 0.149 e. The summed E-state index contributed by atoms with van der Waals surface area (Å²) >= 11 is 3.30. The van der Waals surface area contributed by atoms with Crippen molar-refractivity contribution in [1.82, 2.24) is 0 Å². The lowest BCUT2D eigenvalue weighted by Gasteiger charge is -2.05. The van der Waals surface area contributed by atoms with E-state index in [0.29, 0.717) is 0 Å². The molecule has 88 valence electrons. The molecular weight excluding hydrogens is 236 g/mol. The van der Waals surface area contributed by atoms with Gasteiger partial charge in [-0.05, 0) is 24.3 Å². The average molecular weight is 254 g/mol. The monoisotopic (exact) mass is 254 g/mol. The minimum absolute atomic E-state index is 0.280. The SMILES string of the molecule is CCCCSC(SCCCC)=C(C#N)C#N. The van der Waals surface area contributed by atoms with Crippen molar-refractivity contribution in [3.8, 4) is 12.1 Å². The first-order valence-corrected chi connectivity index (χ1v) is 7.57. The minimum Gasteiger partial charge on any atom is -0.192 e. The summed E-state index contributed by atoms with van der Waals surface area (Å²) in [7, 11) is 0. The van der Waals surface area contributed by atoms with Crippen LogP contribution in [0.25, 0.3) is 0 Å². The highest BCUT2D eigenvalue weighted by atomic mass is 32.2. The van der Waals surface area contributed by atoms with Gasteiger partial charge in [-0.1, -0.05) is 26.7 Å². The van der Waals surface area contributed by atoms with Gasteiger partial charge < -0.3 is 0 Å². The lowest BCUT2D eigenvalue weighted by Crippen LogP contribution is -1.86. The Morgan fingerprint density at radius 2 is 1.38 bits per heavy atom. The second-order valence-corrected chi connectivity index (χ2v) is 5.76. The molecule has 0 aliphatic carbocycles. The number of nitrogens with zero attached hydrogens (tertiary/aromatic N) is 2. The molecule has 0 spiro atoms. The second kappa shape index (κ2) is 10.9. The van der Waals surface area contributed by atoms with Crippen molar-refractivity contribution in [2.24, 2.45) is 0 Å². The van der Waals surface area contributed by atoms with E-state index in [9.17, 15) is 0 Å². The number of nitriles is 2. The topological polar surface area (TPSA) is 47.6 Å². The maximum absolute atomic E-state index is 8.85. The predicted molar refractivity (Wildman–Crippen MR) is 73.0 cm³/mol. The molecule has 0 aliphatic heterocycles. The van der Waals surface area contributed by atoms with Gasteiger partial charge in [-0.25, -0.2) is 0 Å². The van der Waals surface area contributed by atoms with E-state index in [-0.39, 0.29) is 5.57 Å². The Labute approximate surface area is 107 Å². The summed E-state index contributed by atoms with van der Waals surface area (Å²) in [6, 6.07) is 3.97. The van der Waals surface area contributed by atoms with Crippen molar-refractivity contribution in [1.29, 1.82) is 10.5 Å². The van der Waals surface area contributed by atoms with Crippen molar-refractivity contribution in [3.05, 3.63) is 9.81 Å². The standard InChI is InChI=1S/C12H18N2S2/c1-3-5-7-15-12(11(9-13)10-14)16-8-6-4-2/h3-8H2,1-2H3. The van der Waals surface area contributed by atoms with E-state index < -0.39 is 0 Å². The van der Waals surface area contributed by atoms with Gasteiger partial charge >= 0.3 is 0 Å². The first-order valence-electron chi connectivity index (χ1n) is 5.60. The Bertz CT molecular complexity index is 269. The molecule has 0 bridgehead atoms. The van der Waals surface area contributed by atoms with Crippen molar-refractivity contribution in [3.63, 3.8) is 0 Å². The number of allylic oxidation sites excluding steroid dienone is 1. The molecule has 0 atom stereocenters. The predicted octanol–water partition coefficient (Wildman–Crippen LogP) is 4.31. The number of thioether (sulfide) groups is 2. The van der Waals surface area contributed by atoms with Crippen molar-refractivity contribution < 1.29 is 0 Å². The highest BCUT2D eigenvalue weighted by molar-refractivity contribution is 8.22. The van der Waals surface area contributed by atoms with Gasteiger partial charge in [0, 0.05) is 0 Å². The Hall–Kier alpha value is -0.580. The van der Waals surface area contributed by atoms with Crippen LogP contribution in [0.4, 0.5) is 0 Å². The molecule has 0 heterocycles. The third kappa shape index (κ3) is 6.82. The van der Waals surface area contributed by atoms with Crippen molar-refractivity contribution in [2.45, 2.75) is 39.5 Å². The van der Waals surface area contributed by atoms with E-state index in [0.717, 1.165) is 41.4 Å². The van der Waals surface area contributed by atoms with Crippen LogP contribution < -0.4 is 0 Å². The normalized spacial score (nSPS) is 9.25. The smallest absolute Gasteiger partial charge is 0.149 e. The Balaban J connectivity index is 4.34. The van der Waals surface area contributed by atoms with E-state index in [1.165, 1.54) is 0 Å². The first kappa shape index (κ1) is 15.4. The molecular formula is C12H18N2S2. The molecule has 0 aromatic heterocycles. The molecule has 0 radical (unpaired) electrons. The molecule has 0 fully saturated rings. The van der Waals surface area contributed by atoms with Crippen molar-refractivity contribution in [2.75, 3.05) is 11.5 Å². The molecule has 4 heteroatoms. The van der Waals surface area contributed by atoms with Gasteiger partial charge in [0.15, 0.2) is 0 Å². The van der Waals surface area contributed by atoms with E-state index in [1.807, 2.05) is 12.1 Å². The van der Waals surface area contributed by atoms with Crippen LogP contribution in [0.2, 0.25) is 0 Å². The van der Waals surface area contributed by atoms with Crippen LogP contribution in [0, 0.1) is 22.7 Å². The molecule has 16 heavy (non-hydrogen) atoms. The van der Waals surface area contributed by atoms with Gasteiger partial charge in [-0.15, -0.1) is 23.5 Å². The van der Waals surface area contributed by atoms with Gasteiger partial charge in [-0.3, -0.25) is 0 Å². The Morgan fingerprint density at radius 3 is 1.69 bits per heavy atom. The second-order valence-electron chi connectivity index (χ2n) is 3.29. The number of hydrogen-bond donors (Lipinski definition) is 0. The third-order valence-electron chi connectivity index (χ3n) is 1.89. The summed E-state index contributed by atoms with van der Waals surface area (Å²) in [4.78, 5) is 0.